The maximum Gasteiger partial charge on any atom is 0.255 e. The summed E-state index contributed by atoms with van der Waals surface area (Å²) in [5.41, 5.74) is 9.51. The standard InChI is InChI=1S/C24H20ClN3O2/c1-15-10-18(23(26)29)12-19(11-15)24(30)27-20-7-6-16-8-9-28(22(16)13-20)14-17-4-2-3-5-21(17)25/h2-13H,14H2,1H3,(H2,26,29)(H,27,30). The second-order valence-electron chi connectivity index (χ2n) is 7.21. The van der Waals surface area contributed by atoms with E-state index in [1.807, 2.05) is 61.7 Å². The van der Waals surface area contributed by atoms with E-state index in [0.29, 0.717) is 28.4 Å². The number of benzene rings is 3. The lowest BCUT2D eigenvalue weighted by Crippen LogP contribution is -2.16. The molecule has 0 aliphatic heterocycles. The van der Waals surface area contributed by atoms with Crippen LogP contribution in [0, 0.1) is 6.92 Å². The first kappa shape index (κ1) is 19.7. The summed E-state index contributed by atoms with van der Waals surface area (Å²) in [5, 5.41) is 4.68. The summed E-state index contributed by atoms with van der Waals surface area (Å²) >= 11 is 6.30. The second kappa shape index (κ2) is 8.05. The number of anilines is 1. The molecule has 0 fully saturated rings. The van der Waals surface area contributed by atoms with Crippen molar-refractivity contribution in [2.45, 2.75) is 13.5 Å². The summed E-state index contributed by atoms with van der Waals surface area (Å²) < 4.78 is 2.09. The number of aryl methyl sites for hydroxylation is 1. The van der Waals surface area contributed by atoms with Crippen molar-refractivity contribution in [3.8, 4) is 0 Å². The third-order valence-electron chi connectivity index (χ3n) is 4.95. The average molecular weight is 418 g/mol. The Morgan fingerprint density at radius 3 is 2.53 bits per heavy atom. The van der Waals surface area contributed by atoms with Crippen molar-refractivity contribution >= 4 is 40.0 Å². The molecule has 2 amide bonds. The predicted molar refractivity (Wildman–Crippen MR) is 120 cm³/mol. The smallest absolute Gasteiger partial charge is 0.255 e. The lowest BCUT2D eigenvalue weighted by atomic mass is 10.1. The molecule has 0 saturated heterocycles. The highest BCUT2D eigenvalue weighted by atomic mass is 35.5. The van der Waals surface area contributed by atoms with E-state index in [9.17, 15) is 9.59 Å². The fourth-order valence-electron chi connectivity index (χ4n) is 3.47. The molecule has 4 aromatic rings. The molecule has 5 nitrogen and oxygen atoms in total. The zero-order chi connectivity index (χ0) is 21.3. The summed E-state index contributed by atoms with van der Waals surface area (Å²) in [7, 11) is 0. The van der Waals surface area contributed by atoms with Crippen LogP contribution in [0.5, 0.6) is 0 Å². The first-order valence-electron chi connectivity index (χ1n) is 9.46. The Kier molecular flexibility index (Phi) is 5.29. The molecule has 4 rings (SSSR count). The molecular weight excluding hydrogens is 398 g/mol. The number of rotatable bonds is 5. The van der Waals surface area contributed by atoms with E-state index in [1.165, 1.54) is 6.07 Å². The lowest BCUT2D eigenvalue weighted by molar-refractivity contribution is 0.1000. The molecule has 1 aromatic heterocycles. The molecule has 3 N–H and O–H groups in total. The molecule has 0 atom stereocenters. The maximum atomic E-state index is 12.7. The van der Waals surface area contributed by atoms with Gasteiger partial charge >= 0.3 is 0 Å². The number of nitrogens with one attached hydrogen (secondary N) is 1. The van der Waals surface area contributed by atoms with E-state index in [4.69, 9.17) is 17.3 Å². The fraction of sp³-hybridized carbons (Fsp3) is 0.0833. The molecule has 150 valence electrons. The summed E-state index contributed by atoms with van der Waals surface area (Å²) in [6, 6.07) is 20.4. The molecule has 0 bridgehead atoms. The zero-order valence-electron chi connectivity index (χ0n) is 16.4. The van der Waals surface area contributed by atoms with Crippen LogP contribution < -0.4 is 11.1 Å². The van der Waals surface area contributed by atoms with Crippen molar-refractivity contribution in [1.82, 2.24) is 4.57 Å². The Morgan fingerprint density at radius 2 is 1.77 bits per heavy atom. The lowest BCUT2D eigenvalue weighted by Gasteiger charge is -2.10. The summed E-state index contributed by atoms with van der Waals surface area (Å²) in [4.78, 5) is 24.2. The Balaban J connectivity index is 1.62. The number of nitrogens with zero attached hydrogens (tertiary/aromatic N) is 1. The summed E-state index contributed by atoms with van der Waals surface area (Å²) in [6.45, 7) is 2.44. The highest BCUT2D eigenvalue weighted by Gasteiger charge is 2.12. The van der Waals surface area contributed by atoms with E-state index in [0.717, 1.165) is 22.0 Å². The van der Waals surface area contributed by atoms with Crippen LogP contribution in [0.25, 0.3) is 10.9 Å². The average Bonchev–Trinajstić information content (AvgIpc) is 3.11. The monoisotopic (exact) mass is 417 g/mol. The van der Waals surface area contributed by atoms with Crippen LogP contribution in [-0.4, -0.2) is 16.4 Å². The first-order chi connectivity index (χ1) is 14.4. The van der Waals surface area contributed by atoms with Crippen LogP contribution in [0.1, 0.15) is 31.8 Å². The van der Waals surface area contributed by atoms with Crippen LogP contribution in [0.3, 0.4) is 0 Å². The summed E-state index contributed by atoms with van der Waals surface area (Å²) in [6.07, 6.45) is 2.00. The third-order valence-corrected chi connectivity index (χ3v) is 5.32. The highest BCUT2D eigenvalue weighted by Crippen LogP contribution is 2.24. The van der Waals surface area contributed by atoms with Gasteiger partial charge in [0.2, 0.25) is 5.91 Å². The minimum absolute atomic E-state index is 0.301. The molecule has 0 aliphatic carbocycles. The minimum atomic E-state index is -0.563. The second-order valence-corrected chi connectivity index (χ2v) is 7.62. The number of hydrogen-bond acceptors (Lipinski definition) is 2. The number of fused-ring (bicyclic) bond motifs is 1. The Bertz CT molecular complexity index is 1280. The summed E-state index contributed by atoms with van der Waals surface area (Å²) in [5.74, 6) is -0.865. The minimum Gasteiger partial charge on any atom is -0.366 e. The molecule has 0 saturated carbocycles. The van der Waals surface area contributed by atoms with Crippen molar-refractivity contribution in [2.24, 2.45) is 5.73 Å². The number of carbonyl (C=O) groups is 2. The van der Waals surface area contributed by atoms with Gasteiger partial charge in [-0.25, -0.2) is 0 Å². The van der Waals surface area contributed by atoms with E-state index < -0.39 is 5.91 Å². The molecular formula is C24H20ClN3O2. The van der Waals surface area contributed by atoms with Crippen LogP contribution >= 0.6 is 11.6 Å². The third kappa shape index (κ3) is 4.07. The number of halogens is 1. The van der Waals surface area contributed by atoms with Gasteiger partial charge in [-0.2, -0.15) is 0 Å². The molecule has 0 radical (unpaired) electrons. The fourth-order valence-corrected chi connectivity index (χ4v) is 3.66. The normalized spacial score (nSPS) is 10.9. The van der Waals surface area contributed by atoms with E-state index in [-0.39, 0.29) is 5.91 Å². The van der Waals surface area contributed by atoms with Gasteiger partial charge < -0.3 is 15.6 Å². The van der Waals surface area contributed by atoms with Crippen LogP contribution in [-0.2, 0) is 6.54 Å². The van der Waals surface area contributed by atoms with E-state index in [1.54, 1.807) is 12.1 Å². The SMILES string of the molecule is Cc1cc(C(N)=O)cc(C(=O)Nc2ccc3ccn(Cc4ccccc4Cl)c3c2)c1. The van der Waals surface area contributed by atoms with E-state index in [2.05, 4.69) is 9.88 Å². The molecule has 0 spiro atoms. The number of nitrogens with two attached hydrogens (primary N) is 1. The van der Waals surface area contributed by atoms with Gasteiger partial charge in [0.05, 0.1) is 5.52 Å². The molecule has 0 unspecified atom stereocenters. The molecule has 1 heterocycles. The number of carbonyl (C=O) groups excluding carboxylic acids is 2. The largest absolute Gasteiger partial charge is 0.366 e. The van der Waals surface area contributed by atoms with Gasteiger partial charge in [0.1, 0.15) is 0 Å². The van der Waals surface area contributed by atoms with E-state index >= 15 is 0 Å². The highest BCUT2D eigenvalue weighted by molar-refractivity contribution is 6.31. The predicted octanol–water partition coefficient (Wildman–Crippen LogP) is 5.00. The first-order valence-corrected chi connectivity index (χ1v) is 9.83. The van der Waals surface area contributed by atoms with Crippen LogP contribution in [0.4, 0.5) is 5.69 Å². The topological polar surface area (TPSA) is 77.1 Å². The van der Waals surface area contributed by atoms with Gasteiger partial charge in [-0.05, 0) is 65.9 Å². The van der Waals surface area contributed by atoms with Gasteiger partial charge in [-0.15, -0.1) is 0 Å². The van der Waals surface area contributed by atoms with Gasteiger partial charge in [0.25, 0.3) is 5.91 Å². The molecule has 0 aliphatic rings. The van der Waals surface area contributed by atoms with Crippen molar-refractivity contribution in [3.63, 3.8) is 0 Å². The molecule has 30 heavy (non-hydrogen) atoms. The number of amides is 2. The Hall–Kier alpha value is -3.57. The Labute approximate surface area is 179 Å². The van der Waals surface area contributed by atoms with Crippen molar-refractivity contribution in [2.75, 3.05) is 5.32 Å². The molecule has 6 heteroatoms. The number of primary amides is 1. The number of aromatic nitrogens is 1. The van der Waals surface area contributed by atoms with Gasteiger partial charge in [0, 0.05) is 34.6 Å². The van der Waals surface area contributed by atoms with Gasteiger partial charge in [0.15, 0.2) is 0 Å². The van der Waals surface area contributed by atoms with Gasteiger partial charge in [-0.1, -0.05) is 35.9 Å². The van der Waals surface area contributed by atoms with Crippen molar-refractivity contribution in [3.05, 3.63) is 100 Å². The number of hydrogen-bond donors (Lipinski definition) is 2. The van der Waals surface area contributed by atoms with Crippen molar-refractivity contribution in [1.29, 1.82) is 0 Å². The van der Waals surface area contributed by atoms with Gasteiger partial charge in [-0.3, -0.25) is 9.59 Å². The van der Waals surface area contributed by atoms with Crippen LogP contribution in [0.2, 0.25) is 5.02 Å². The van der Waals surface area contributed by atoms with Crippen LogP contribution in [0.15, 0.2) is 72.9 Å². The maximum absolute atomic E-state index is 12.7. The Morgan fingerprint density at radius 1 is 1.00 bits per heavy atom. The zero-order valence-corrected chi connectivity index (χ0v) is 17.1. The quantitative estimate of drug-likeness (QED) is 0.479. The van der Waals surface area contributed by atoms with Crippen molar-refractivity contribution < 1.29 is 9.59 Å². The molecule has 3 aromatic carbocycles.